The van der Waals surface area contributed by atoms with Gasteiger partial charge in [-0.1, -0.05) is 6.07 Å². The Balaban J connectivity index is 1.74. The molecule has 0 spiro atoms. The second kappa shape index (κ2) is 8.31. The van der Waals surface area contributed by atoms with Crippen LogP contribution in [0.1, 0.15) is 12.8 Å². The fourth-order valence-electron chi connectivity index (χ4n) is 3.94. The molecular formula is C18H28FN3O3S. The van der Waals surface area contributed by atoms with Crippen molar-refractivity contribution >= 4 is 10.0 Å². The molecule has 2 aliphatic heterocycles. The van der Waals surface area contributed by atoms with E-state index in [1.165, 1.54) is 18.2 Å². The molecule has 2 fully saturated rings. The van der Waals surface area contributed by atoms with Crippen molar-refractivity contribution in [2.45, 2.75) is 29.8 Å². The minimum Gasteiger partial charge on any atom is -0.381 e. The maximum atomic E-state index is 13.4. The molecule has 146 valence electrons. The van der Waals surface area contributed by atoms with Gasteiger partial charge in [-0.3, -0.25) is 4.90 Å². The number of nitrogens with one attached hydrogen (secondary N) is 1. The molecule has 1 N–H and O–H groups in total. The van der Waals surface area contributed by atoms with Crippen LogP contribution in [0.4, 0.5) is 4.39 Å². The van der Waals surface area contributed by atoms with Gasteiger partial charge in [0.2, 0.25) is 10.0 Å². The van der Waals surface area contributed by atoms with E-state index in [1.807, 2.05) is 14.1 Å². The van der Waals surface area contributed by atoms with Gasteiger partial charge in [-0.05, 0) is 45.1 Å². The second-order valence-corrected chi connectivity index (χ2v) is 9.22. The lowest BCUT2D eigenvalue weighted by Crippen LogP contribution is -2.44. The Bertz CT molecular complexity index is 707. The van der Waals surface area contributed by atoms with E-state index in [-0.39, 0.29) is 16.9 Å². The first-order valence-electron chi connectivity index (χ1n) is 9.09. The molecular weight excluding hydrogens is 357 g/mol. The summed E-state index contributed by atoms with van der Waals surface area (Å²) in [6, 6.07) is 5.41. The molecule has 3 rings (SSSR count). The third kappa shape index (κ3) is 4.80. The molecule has 2 heterocycles. The molecule has 0 radical (unpaired) electrons. The number of rotatable bonds is 6. The molecule has 2 saturated heterocycles. The SMILES string of the molecule is CN(C)C[C@@H]1CN(C2CCOCC2)C[C@H]1NS(=O)(=O)c1cccc(F)c1. The van der Waals surface area contributed by atoms with Gasteiger partial charge in [0.15, 0.2) is 0 Å². The van der Waals surface area contributed by atoms with Crippen LogP contribution in [0, 0.1) is 11.7 Å². The number of hydrogen-bond donors (Lipinski definition) is 1. The molecule has 0 bridgehead atoms. The zero-order chi connectivity index (χ0) is 18.7. The van der Waals surface area contributed by atoms with Crippen molar-refractivity contribution in [3.05, 3.63) is 30.1 Å². The van der Waals surface area contributed by atoms with Gasteiger partial charge in [0, 0.05) is 50.8 Å². The molecule has 1 aromatic carbocycles. The topological polar surface area (TPSA) is 61.9 Å². The number of sulfonamides is 1. The number of nitrogens with zero attached hydrogens (tertiary/aromatic N) is 2. The highest BCUT2D eigenvalue weighted by atomic mass is 32.2. The summed E-state index contributed by atoms with van der Waals surface area (Å²) in [6.45, 7) is 3.87. The van der Waals surface area contributed by atoms with E-state index in [0.29, 0.717) is 12.6 Å². The van der Waals surface area contributed by atoms with Crippen LogP contribution in [0.15, 0.2) is 29.2 Å². The predicted octanol–water partition coefficient (Wildman–Crippen LogP) is 1.15. The van der Waals surface area contributed by atoms with Gasteiger partial charge in [-0.15, -0.1) is 0 Å². The number of halogens is 1. The molecule has 2 atom stereocenters. The molecule has 6 nitrogen and oxygen atoms in total. The van der Waals surface area contributed by atoms with Gasteiger partial charge in [0.05, 0.1) is 4.90 Å². The van der Waals surface area contributed by atoms with Gasteiger partial charge in [0.25, 0.3) is 0 Å². The van der Waals surface area contributed by atoms with Gasteiger partial charge < -0.3 is 9.64 Å². The largest absolute Gasteiger partial charge is 0.381 e. The normalized spacial score (nSPS) is 25.8. The lowest BCUT2D eigenvalue weighted by atomic mass is 10.0. The van der Waals surface area contributed by atoms with E-state index < -0.39 is 15.8 Å². The van der Waals surface area contributed by atoms with Crippen molar-refractivity contribution in [1.82, 2.24) is 14.5 Å². The summed E-state index contributed by atoms with van der Waals surface area (Å²) in [6.07, 6.45) is 1.97. The summed E-state index contributed by atoms with van der Waals surface area (Å²) in [5.41, 5.74) is 0. The number of benzene rings is 1. The third-order valence-corrected chi connectivity index (χ3v) is 6.68. The number of ether oxygens (including phenoxy) is 1. The van der Waals surface area contributed by atoms with Crippen molar-refractivity contribution < 1.29 is 17.5 Å². The minimum absolute atomic E-state index is 0.0226. The monoisotopic (exact) mass is 385 g/mol. The molecule has 0 amide bonds. The third-order valence-electron chi connectivity index (χ3n) is 5.19. The molecule has 1 aromatic rings. The van der Waals surface area contributed by atoms with Crippen molar-refractivity contribution in [2.75, 3.05) is 46.9 Å². The highest BCUT2D eigenvalue weighted by Crippen LogP contribution is 2.26. The Morgan fingerprint density at radius 3 is 2.65 bits per heavy atom. The maximum absolute atomic E-state index is 13.4. The molecule has 26 heavy (non-hydrogen) atoms. The Morgan fingerprint density at radius 1 is 1.27 bits per heavy atom. The van der Waals surface area contributed by atoms with E-state index in [4.69, 9.17) is 4.74 Å². The van der Waals surface area contributed by atoms with Crippen LogP contribution in [0.25, 0.3) is 0 Å². The van der Waals surface area contributed by atoms with E-state index in [0.717, 1.165) is 45.2 Å². The summed E-state index contributed by atoms with van der Waals surface area (Å²) < 4.78 is 47.2. The average molecular weight is 386 g/mol. The summed E-state index contributed by atoms with van der Waals surface area (Å²) >= 11 is 0. The van der Waals surface area contributed by atoms with E-state index in [9.17, 15) is 12.8 Å². The second-order valence-electron chi connectivity index (χ2n) is 7.50. The lowest BCUT2D eigenvalue weighted by Gasteiger charge is -2.31. The smallest absolute Gasteiger partial charge is 0.240 e. The fourth-order valence-corrected chi connectivity index (χ4v) is 5.27. The molecule has 8 heteroatoms. The molecule has 0 saturated carbocycles. The summed E-state index contributed by atoms with van der Waals surface area (Å²) in [7, 11) is 0.242. The van der Waals surface area contributed by atoms with Crippen molar-refractivity contribution in [2.24, 2.45) is 5.92 Å². The van der Waals surface area contributed by atoms with Crippen LogP contribution >= 0.6 is 0 Å². The van der Waals surface area contributed by atoms with Crippen molar-refractivity contribution in [1.29, 1.82) is 0 Å². The molecule has 2 aliphatic rings. The van der Waals surface area contributed by atoms with Crippen LogP contribution in [-0.4, -0.2) is 77.2 Å². The van der Waals surface area contributed by atoms with Crippen LogP contribution in [0.2, 0.25) is 0 Å². The summed E-state index contributed by atoms with van der Waals surface area (Å²) in [5, 5.41) is 0. The van der Waals surface area contributed by atoms with E-state index in [2.05, 4.69) is 14.5 Å². The van der Waals surface area contributed by atoms with E-state index in [1.54, 1.807) is 0 Å². The molecule has 0 aromatic heterocycles. The Kier molecular flexibility index (Phi) is 6.29. The first-order valence-corrected chi connectivity index (χ1v) is 10.6. The Morgan fingerprint density at radius 2 is 2.00 bits per heavy atom. The van der Waals surface area contributed by atoms with Crippen LogP contribution in [0.3, 0.4) is 0 Å². The summed E-state index contributed by atoms with van der Waals surface area (Å²) in [4.78, 5) is 4.45. The Labute approximate surface area is 155 Å². The zero-order valence-electron chi connectivity index (χ0n) is 15.4. The quantitative estimate of drug-likeness (QED) is 0.796. The number of hydrogen-bond acceptors (Lipinski definition) is 5. The number of likely N-dealkylation sites (tertiary alicyclic amines) is 1. The van der Waals surface area contributed by atoms with Crippen LogP contribution in [-0.2, 0) is 14.8 Å². The highest BCUT2D eigenvalue weighted by molar-refractivity contribution is 7.89. The highest BCUT2D eigenvalue weighted by Gasteiger charge is 2.38. The first-order chi connectivity index (χ1) is 12.3. The van der Waals surface area contributed by atoms with Gasteiger partial charge in [-0.2, -0.15) is 0 Å². The van der Waals surface area contributed by atoms with E-state index >= 15 is 0 Å². The lowest BCUT2D eigenvalue weighted by molar-refractivity contribution is 0.0405. The minimum atomic E-state index is -3.75. The summed E-state index contributed by atoms with van der Waals surface area (Å²) in [5.74, 6) is -0.357. The van der Waals surface area contributed by atoms with Crippen LogP contribution < -0.4 is 4.72 Å². The van der Waals surface area contributed by atoms with Gasteiger partial charge in [-0.25, -0.2) is 17.5 Å². The fraction of sp³-hybridized carbons (Fsp3) is 0.667. The standard InChI is InChI=1S/C18H28FN3O3S/c1-21(2)11-14-12-22(16-6-8-25-9-7-16)13-18(14)20-26(23,24)17-5-3-4-15(19)10-17/h3-5,10,14,16,18,20H,6-9,11-13H2,1-2H3/t14-,18-/m1/s1. The van der Waals surface area contributed by atoms with Crippen LogP contribution in [0.5, 0.6) is 0 Å². The van der Waals surface area contributed by atoms with Gasteiger partial charge in [0.1, 0.15) is 5.82 Å². The molecule has 0 aliphatic carbocycles. The zero-order valence-corrected chi connectivity index (χ0v) is 16.2. The van der Waals surface area contributed by atoms with Crippen molar-refractivity contribution in [3.63, 3.8) is 0 Å². The maximum Gasteiger partial charge on any atom is 0.240 e. The first kappa shape index (κ1) is 19.7. The molecule has 0 unspecified atom stereocenters. The van der Waals surface area contributed by atoms with Crippen molar-refractivity contribution in [3.8, 4) is 0 Å². The predicted molar refractivity (Wildman–Crippen MR) is 98.0 cm³/mol. The van der Waals surface area contributed by atoms with Gasteiger partial charge >= 0.3 is 0 Å². The Hall–Kier alpha value is -1.06. The average Bonchev–Trinajstić information content (AvgIpc) is 2.97.